The first-order chi connectivity index (χ1) is 16.8. The van der Waals surface area contributed by atoms with E-state index in [-0.39, 0.29) is 35.2 Å². The van der Waals surface area contributed by atoms with Gasteiger partial charge in [0.2, 0.25) is 5.91 Å². The van der Waals surface area contributed by atoms with Gasteiger partial charge in [-0.2, -0.15) is 0 Å². The van der Waals surface area contributed by atoms with E-state index in [0.717, 1.165) is 64.8 Å². The van der Waals surface area contributed by atoms with E-state index in [1.807, 2.05) is 0 Å². The van der Waals surface area contributed by atoms with E-state index >= 15 is 0 Å². The predicted molar refractivity (Wildman–Crippen MR) is 136 cm³/mol. The van der Waals surface area contributed by atoms with Gasteiger partial charge in [-0.05, 0) is 100 Å². The summed E-state index contributed by atoms with van der Waals surface area (Å²) in [6, 6.07) is 5.72. The van der Waals surface area contributed by atoms with Crippen LogP contribution in [-0.4, -0.2) is 71.3 Å². The summed E-state index contributed by atoms with van der Waals surface area (Å²) in [5.41, 5.74) is 5.90. The number of benzene rings is 1. The Morgan fingerprint density at radius 3 is 1.89 bits per heavy atom. The van der Waals surface area contributed by atoms with Gasteiger partial charge in [-0.3, -0.25) is 24.1 Å². The minimum Gasteiger partial charge on any atom is -0.368 e. The van der Waals surface area contributed by atoms with Crippen molar-refractivity contribution < 1.29 is 23.6 Å². The van der Waals surface area contributed by atoms with Crippen LogP contribution in [0.5, 0.6) is 0 Å². The van der Waals surface area contributed by atoms with Gasteiger partial charge >= 0.3 is 0 Å². The molecule has 2 heterocycles. The van der Waals surface area contributed by atoms with Gasteiger partial charge in [0.15, 0.2) is 17.3 Å². The number of Topliss-reactive ketones (excluding diaryl/α,β-unsaturated/α-hetero) is 1. The van der Waals surface area contributed by atoms with Crippen LogP contribution in [0, 0.1) is 5.82 Å². The first-order valence-corrected chi connectivity index (χ1v) is 12.3. The van der Waals surface area contributed by atoms with Gasteiger partial charge in [0.25, 0.3) is 0 Å². The first-order valence-electron chi connectivity index (χ1n) is 12.3. The highest BCUT2D eigenvalue weighted by molar-refractivity contribution is 6.14. The summed E-state index contributed by atoms with van der Waals surface area (Å²) < 4.78 is 12.9. The summed E-state index contributed by atoms with van der Waals surface area (Å²) in [6.45, 7) is 4.44. The minimum absolute atomic E-state index is 0. The number of halogens is 1. The molecule has 9 heteroatoms. The number of carbonyl (C=O) groups excluding carboxylic acids is 4. The zero-order chi connectivity index (χ0) is 25.3. The molecule has 0 unspecified atom stereocenters. The molecule has 3 aliphatic rings. The lowest BCUT2D eigenvalue weighted by Gasteiger charge is -2.48. The van der Waals surface area contributed by atoms with Gasteiger partial charge in [0, 0.05) is 25.1 Å². The van der Waals surface area contributed by atoms with Crippen LogP contribution in [-0.2, 0) is 14.4 Å². The molecular weight excluding hydrogens is 463 g/mol. The third-order valence-electron chi connectivity index (χ3n) is 6.97. The summed E-state index contributed by atoms with van der Waals surface area (Å²) in [6.07, 6.45) is 11.3. The Bertz CT molecular complexity index is 938. The van der Waals surface area contributed by atoms with Crippen molar-refractivity contribution in [2.24, 2.45) is 5.73 Å². The van der Waals surface area contributed by atoms with Crippen molar-refractivity contribution in [2.45, 2.75) is 50.5 Å². The van der Waals surface area contributed by atoms with Gasteiger partial charge in [-0.25, -0.2) is 4.39 Å². The lowest BCUT2D eigenvalue weighted by atomic mass is 9.83. The molecule has 4 rings (SSSR count). The molecule has 0 saturated carbocycles. The molecule has 1 amide bonds. The maximum Gasteiger partial charge on any atom is 0.238 e. The van der Waals surface area contributed by atoms with Gasteiger partial charge < -0.3 is 16.8 Å². The Hall–Kier alpha value is -3.01. The average molecular weight is 501 g/mol. The van der Waals surface area contributed by atoms with E-state index in [2.05, 4.69) is 9.80 Å². The number of amides is 1. The molecule has 36 heavy (non-hydrogen) atoms. The molecule has 2 saturated heterocycles. The van der Waals surface area contributed by atoms with E-state index in [1.54, 1.807) is 12.1 Å². The Kier molecular flexibility index (Phi) is 11.3. The second-order valence-corrected chi connectivity index (χ2v) is 9.29. The second kappa shape index (κ2) is 13.9. The Balaban J connectivity index is 0.000000433. The molecule has 2 fully saturated rings. The van der Waals surface area contributed by atoms with Crippen molar-refractivity contribution >= 4 is 23.3 Å². The number of nitrogens with zero attached hydrogens (tertiary/aromatic N) is 2. The highest BCUT2D eigenvalue weighted by Crippen LogP contribution is 2.31. The number of hydrogen-bond acceptors (Lipinski definition) is 7. The van der Waals surface area contributed by atoms with Crippen LogP contribution in [0.4, 0.5) is 4.39 Å². The average Bonchev–Trinajstić information content (AvgIpc) is 2.87. The van der Waals surface area contributed by atoms with Crippen LogP contribution < -0.4 is 11.9 Å². The van der Waals surface area contributed by atoms with Crippen LogP contribution in [0.1, 0.15) is 55.3 Å². The smallest absolute Gasteiger partial charge is 0.238 e. The van der Waals surface area contributed by atoms with Crippen LogP contribution in [0.3, 0.4) is 0 Å². The zero-order valence-electron chi connectivity index (χ0n) is 20.8. The van der Waals surface area contributed by atoms with Gasteiger partial charge in [0.05, 0.1) is 0 Å². The standard InChI is InChI=1S/C21H30FN3O2.C6H4O2.H3N/c22-18-8-6-17(7-9-18)19(26)5-4-12-24-15-10-21(11-16-24,20(23)27)25-13-2-1-3-14-25;7-5-1-2-6(8)4-3-5;/h6-9H,1-5,10-16H2,(H2,23,27);1-4H;1H3. The SMILES string of the molecule is N.NC(=O)C1(N2CCCCC2)CCN(CCCC(=O)c2ccc(F)cc2)CC1.O=C1C=CC(=O)C=C1. The van der Waals surface area contributed by atoms with Gasteiger partial charge in [0.1, 0.15) is 11.4 Å². The van der Waals surface area contributed by atoms with Crippen LogP contribution in [0.15, 0.2) is 48.6 Å². The third-order valence-corrected chi connectivity index (χ3v) is 6.97. The maximum absolute atomic E-state index is 12.9. The Morgan fingerprint density at radius 1 is 0.861 bits per heavy atom. The Labute approximate surface area is 212 Å². The molecule has 1 aromatic rings. The molecule has 8 nitrogen and oxygen atoms in total. The largest absolute Gasteiger partial charge is 0.368 e. The Morgan fingerprint density at radius 2 is 1.39 bits per heavy atom. The third kappa shape index (κ3) is 8.01. The van der Waals surface area contributed by atoms with Crippen molar-refractivity contribution in [1.82, 2.24) is 16.0 Å². The molecule has 0 spiro atoms. The van der Waals surface area contributed by atoms with Gasteiger partial charge in [-0.1, -0.05) is 6.42 Å². The van der Waals surface area contributed by atoms with E-state index in [4.69, 9.17) is 5.73 Å². The minimum atomic E-state index is -0.485. The molecular formula is C27H37FN4O4. The number of likely N-dealkylation sites (tertiary alicyclic amines) is 2. The van der Waals surface area contributed by atoms with E-state index < -0.39 is 5.54 Å². The molecule has 196 valence electrons. The van der Waals surface area contributed by atoms with E-state index in [9.17, 15) is 23.6 Å². The number of nitrogens with two attached hydrogens (primary N) is 1. The molecule has 0 aromatic heterocycles. The monoisotopic (exact) mass is 500 g/mol. The van der Waals surface area contributed by atoms with Crippen molar-refractivity contribution in [3.63, 3.8) is 0 Å². The van der Waals surface area contributed by atoms with E-state index in [0.29, 0.717) is 12.0 Å². The number of primary amides is 1. The molecule has 5 N–H and O–H groups in total. The topological polar surface area (TPSA) is 136 Å². The van der Waals surface area contributed by atoms with Crippen LogP contribution >= 0.6 is 0 Å². The van der Waals surface area contributed by atoms with Gasteiger partial charge in [-0.15, -0.1) is 0 Å². The van der Waals surface area contributed by atoms with Crippen molar-refractivity contribution in [1.29, 1.82) is 0 Å². The quantitative estimate of drug-likeness (QED) is 0.434. The lowest BCUT2D eigenvalue weighted by Crippen LogP contribution is -2.63. The fraction of sp³-hybridized carbons (Fsp3) is 0.481. The number of hydrogen-bond donors (Lipinski definition) is 2. The lowest BCUT2D eigenvalue weighted by molar-refractivity contribution is -0.135. The summed E-state index contributed by atoms with van der Waals surface area (Å²) in [5.74, 6) is -0.706. The van der Waals surface area contributed by atoms with Crippen LogP contribution in [0.2, 0.25) is 0 Å². The number of ketones is 3. The first kappa shape index (κ1) is 29.2. The summed E-state index contributed by atoms with van der Waals surface area (Å²) in [5, 5.41) is 0. The molecule has 0 bridgehead atoms. The van der Waals surface area contributed by atoms with Crippen LogP contribution in [0.25, 0.3) is 0 Å². The fourth-order valence-electron chi connectivity index (χ4n) is 4.87. The predicted octanol–water partition coefficient (Wildman–Crippen LogP) is 3.01. The number of allylic oxidation sites excluding steroid dienone is 4. The summed E-state index contributed by atoms with van der Waals surface area (Å²) >= 11 is 0. The number of carbonyl (C=O) groups is 4. The second-order valence-electron chi connectivity index (χ2n) is 9.29. The molecule has 0 radical (unpaired) electrons. The normalized spacial score (nSPS) is 19.7. The molecule has 1 aliphatic carbocycles. The molecule has 1 aromatic carbocycles. The molecule has 2 aliphatic heterocycles. The van der Waals surface area contributed by atoms with Crippen molar-refractivity contribution in [2.75, 3.05) is 32.7 Å². The highest BCUT2D eigenvalue weighted by atomic mass is 19.1. The summed E-state index contributed by atoms with van der Waals surface area (Å²) in [7, 11) is 0. The maximum atomic E-state index is 12.9. The van der Waals surface area contributed by atoms with E-state index in [1.165, 1.54) is 42.9 Å². The zero-order valence-corrected chi connectivity index (χ0v) is 20.8. The van der Waals surface area contributed by atoms with Crippen molar-refractivity contribution in [3.05, 3.63) is 60.0 Å². The number of rotatable bonds is 7. The summed E-state index contributed by atoms with van der Waals surface area (Å²) in [4.78, 5) is 49.6. The fourth-order valence-corrected chi connectivity index (χ4v) is 4.87. The number of piperidine rings is 2. The highest BCUT2D eigenvalue weighted by Gasteiger charge is 2.44. The molecule has 0 atom stereocenters. The van der Waals surface area contributed by atoms with Crippen molar-refractivity contribution in [3.8, 4) is 0 Å².